The van der Waals surface area contributed by atoms with Gasteiger partial charge in [0.15, 0.2) is 0 Å². The summed E-state index contributed by atoms with van der Waals surface area (Å²) in [5.74, 6) is 1.37. The molecule has 27 heavy (non-hydrogen) atoms. The number of nitrogens with zero attached hydrogens (tertiary/aromatic N) is 2. The summed E-state index contributed by atoms with van der Waals surface area (Å²) in [6.45, 7) is 0.624. The molecule has 8 nitrogen and oxygen atoms in total. The van der Waals surface area contributed by atoms with Gasteiger partial charge in [-0.3, -0.25) is 10.1 Å². The number of carbonyl (C=O) groups excluding carboxylic acids is 1. The van der Waals surface area contributed by atoms with Crippen LogP contribution in [-0.2, 0) is 0 Å². The maximum Gasteiger partial charge on any atom is 0.322 e. The minimum Gasteiger partial charge on any atom is -0.497 e. The van der Waals surface area contributed by atoms with Crippen LogP contribution < -0.4 is 14.8 Å². The number of rotatable bonds is 5. The summed E-state index contributed by atoms with van der Waals surface area (Å²) < 4.78 is 10.7. The van der Waals surface area contributed by atoms with Crippen LogP contribution in [0.25, 0.3) is 0 Å². The first kappa shape index (κ1) is 18.5. The highest BCUT2D eigenvalue weighted by atomic mass is 16.6. The lowest BCUT2D eigenvalue weighted by Crippen LogP contribution is -2.34. The molecule has 0 saturated carbocycles. The first-order valence-corrected chi connectivity index (χ1v) is 8.57. The lowest BCUT2D eigenvalue weighted by atomic mass is 10.0. The normalized spacial score (nSPS) is 16.1. The second-order valence-electron chi connectivity index (χ2n) is 6.19. The van der Waals surface area contributed by atoms with E-state index in [9.17, 15) is 14.9 Å². The summed E-state index contributed by atoms with van der Waals surface area (Å²) in [5.41, 5.74) is 1.42. The smallest absolute Gasteiger partial charge is 0.322 e. The number of ether oxygens (including phenoxy) is 2. The Hall–Kier alpha value is -3.29. The fraction of sp³-hybridized carbons (Fsp3) is 0.316. The average molecular weight is 371 g/mol. The standard InChI is InChI=1S/C19H21N3O5/c1-26-15-9-10-16(18(12-15)27-2)17-4-3-11-21(17)19(23)20-13-5-7-14(8-6-13)22(24)25/h5-10,12,17H,3-4,11H2,1-2H3,(H,20,23). The van der Waals surface area contributed by atoms with Crippen LogP contribution in [0.2, 0.25) is 0 Å². The molecule has 1 atom stereocenters. The van der Waals surface area contributed by atoms with E-state index in [0.717, 1.165) is 18.4 Å². The second kappa shape index (κ2) is 7.94. The van der Waals surface area contributed by atoms with Crippen LogP contribution >= 0.6 is 0 Å². The van der Waals surface area contributed by atoms with Gasteiger partial charge in [-0.25, -0.2) is 4.79 Å². The van der Waals surface area contributed by atoms with Crippen molar-refractivity contribution in [1.29, 1.82) is 0 Å². The van der Waals surface area contributed by atoms with Gasteiger partial charge >= 0.3 is 6.03 Å². The Labute approximate surface area is 156 Å². The van der Waals surface area contributed by atoms with Crippen molar-refractivity contribution in [1.82, 2.24) is 4.90 Å². The van der Waals surface area contributed by atoms with E-state index in [-0.39, 0.29) is 17.8 Å². The van der Waals surface area contributed by atoms with Crippen molar-refractivity contribution in [3.8, 4) is 11.5 Å². The molecule has 0 bridgehead atoms. The number of nitro groups is 1. The Morgan fingerprint density at radius 3 is 2.56 bits per heavy atom. The summed E-state index contributed by atoms with van der Waals surface area (Å²) in [5, 5.41) is 13.5. The monoisotopic (exact) mass is 371 g/mol. The van der Waals surface area contributed by atoms with Crippen LogP contribution in [0.15, 0.2) is 42.5 Å². The molecule has 2 amide bonds. The molecule has 0 spiro atoms. The summed E-state index contributed by atoms with van der Waals surface area (Å²) in [6, 6.07) is 11.0. The van der Waals surface area contributed by atoms with Gasteiger partial charge in [-0.1, -0.05) is 0 Å². The van der Waals surface area contributed by atoms with Crippen molar-refractivity contribution in [3.05, 3.63) is 58.1 Å². The van der Waals surface area contributed by atoms with Gasteiger partial charge in [0.05, 0.1) is 25.2 Å². The minimum absolute atomic E-state index is 0.0185. The number of hydrogen-bond donors (Lipinski definition) is 1. The molecule has 0 aromatic heterocycles. The molecule has 1 heterocycles. The van der Waals surface area contributed by atoms with E-state index in [1.54, 1.807) is 25.2 Å². The molecule has 1 saturated heterocycles. The van der Waals surface area contributed by atoms with Gasteiger partial charge in [0.1, 0.15) is 11.5 Å². The fourth-order valence-corrected chi connectivity index (χ4v) is 3.29. The van der Waals surface area contributed by atoms with Crippen molar-refractivity contribution in [2.45, 2.75) is 18.9 Å². The van der Waals surface area contributed by atoms with E-state index < -0.39 is 4.92 Å². The molecule has 1 aliphatic rings. The molecule has 1 N–H and O–H groups in total. The molecule has 1 unspecified atom stereocenters. The van der Waals surface area contributed by atoms with Gasteiger partial charge in [-0.2, -0.15) is 0 Å². The molecule has 2 aromatic rings. The van der Waals surface area contributed by atoms with E-state index in [1.807, 2.05) is 12.1 Å². The molecule has 2 aromatic carbocycles. The van der Waals surface area contributed by atoms with Gasteiger partial charge in [0.25, 0.3) is 5.69 Å². The number of anilines is 1. The van der Waals surface area contributed by atoms with Crippen molar-refractivity contribution in [3.63, 3.8) is 0 Å². The molecule has 142 valence electrons. The number of hydrogen-bond acceptors (Lipinski definition) is 5. The number of nitro benzene ring substituents is 1. The SMILES string of the molecule is COc1ccc(C2CCCN2C(=O)Nc2ccc([N+](=O)[O-])cc2)c(OC)c1. The number of methoxy groups -OCH3 is 2. The van der Waals surface area contributed by atoms with Gasteiger partial charge in [0, 0.05) is 36.0 Å². The molecule has 1 fully saturated rings. The minimum atomic E-state index is -0.474. The van der Waals surface area contributed by atoms with Gasteiger partial charge in [-0.15, -0.1) is 0 Å². The third-order valence-corrected chi connectivity index (χ3v) is 4.64. The van der Waals surface area contributed by atoms with E-state index in [0.29, 0.717) is 23.7 Å². The topological polar surface area (TPSA) is 93.9 Å². The lowest BCUT2D eigenvalue weighted by molar-refractivity contribution is -0.384. The largest absolute Gasteiger partial charge is 0.497 e. The van der Waals surface area contributed by atoms with Crippen molar-refractivity contribution < 1.29 is 19.2 Å². The van der Waals surface area contributed by atoms with Gasteiger partial charge in [0.2, 0.25) is 0 Å². The first-order valence-electron chi connectivity index (χ1n) is 8.57. The third kappa shape index (κ3) is 3.94. The zero-order valence-corrected chi connectivity index (χ0v) is 15.2. The second-order valence-corrected chi connectivity index (χ2v) is 6.19. The number of urea groups is 1. The Morgan fingerprint density at radius 1 is 1.19 bits per heavy atom. The molecule has 8 heteroatoms. The summed E-state index contributed by atoms with van der Waals surface area (Å²) in [6.07, 6.45) is 1.71. The van der Waals surface area contributed by atoms with Crippen LogP contribution in [0.4, 0.5) is 16.2 Å². The number of carbonyl (C=O) groups is 1. The molecular weight excluding hydrogens is 350 g/mol. The third-order valence-electron chi connectivity index (χ3n) is 4.64. The Balaban J connectivity index is 1.77. The van der Waals surface area contributed by atoms with Gasteiger partial charge in [-0.05, 0) is 37.1 Å². The van der Waals surface area contributed by atoms with E-state index in [4.69, 9.17) is 9.47 Å². The maximum absolute atomic E-state index is 12.8. The number of likely N-dealkylation sites (tertiary alicyclic amines) is 1. The maximum atomic E-state index is 12.8. The molecular formula is C19H21N3O5. The Morgan fingerprint density at radius 2 is 1.93 bits per heavy atom. The zero-order valence-electron chi connectivity index (χ0n) is 15.2. The van der Waals surface area contributed by atoms with E-state index >= 15 is 0 Å². The Bertz CT molecular complexity index is 838. The summed E-state index contributed by atoms with van der Waals surface area (Å²) >= 11 is 0. The van der Waals surface area contributed by atoms with E-state index in [2.05, 4.69) is 5.32 Å². The van der Waals surface area contributed by atoms with Crippen LogP contribution in [0, 0.1) is 10.1 Å². The van der Waals surface area contributed by atoms with Crippen molar-refractivity contribution >= 4 is 17.4 Å². The van der Waals surface area contributed by atoms with Gasteiger partial charge < -0.3 is 19.7 Å². The first-order chi connectivity index (χ1) is 13.0. The highest BCUT2D eigenvalue weighted by Gasteiger charge is 2.32. The quantitative estimate of drug-likeness (QED) is 0.634. The average Bonchev–Trinajstić information content (AvgIpc) is 3.17. The number of nitrogens with one attached hydrogen (secondary N) is 1. The Kier molecular flexibility index (Phi) is 5.44. The van der Waals surface area contributed by atoms with Crippen molar-refractivity contribution in [2.24, 2.45) is 0 Å². The highest BCUT2D eigenvalue weighted by molar-refractivity contribution is 5.90. The summed E-state index contributed by atoms with van der Waals surface area (Å²) in [4.78, 5) is 24.8. The molecule has 0 aliphatic carbocycles. The predicted octanol–water partition coefficient (Wildman–Crippen LogP) is 3.98. The number of benzene rings is 2. The molecule has 3 rings (SSSR count). The number of non-ortho nitro benzene ring substituents is 1. The molecule has 1 aliphatic heterocycles. The number of amides is 2. The van der Waals surface area contributed by atoms with Crippen LogP contribution in [0.5, 0.6) is 11.5 Å². The van der Waals surface area contributed by atoms with Crippen LogP contribution in [0.3, 0.4) is 0 Å². The fourth-order valence-electron chi connectivity index (χ4n) is 3.29. The van der Waals surface area contributed by atoms with E-state index in [1.165, 1.54) is 24.3 Å². The van der Waals surface area contributed by atoms with Crippen LogP contribution in [0.1, 0.15) is 24.4 Å². The van der Waals surface area contributed by atoms with Crippen molar-refractivity contribution in [2.75, 3.05) is 26.1 Å². The van der Waals surface area contributed by atoms with Crippen LogP contribution in [-0.4, -0.2) is 36.6 Å². The summed E-state index contributed by atoms with van der Waals surface area (Å²) in [7, 11) is 3.18. The predicted molar refractivity (Wildman–Crippen MR) is 100 cm³/mol. The lowest BCUT2D eigenvalue weighted by Gasteiger charge is -2.26. The highest BCUT2D eigenvalue weighted by Crippen LogP contribution is 2.39. The zero-order chi connectivity index (χ0) is 19.4. The molecule has 0 radical (unpaired) electrons.